The molecule has 0 saturated heterocycles. The Labute approximate surface area is 191 Å². The first-order valence-electron chi connectivity index (χ1n) is 10.8. The summed E-state index contributed by atoms with van der Waals surface area (Å²) < 4.78 is 6.71. The number of carbonyl (C=O) groups is 4. The first-order valence-corrected chi connectivity index (χ1v) is 10.8. The van der Waals surface area contributed by atoms with Crippen LogP contribution in [0.15, 0.2) is 36.7 Å². The van der Waals surface area contributed by atoms with Crippen molar-refractivity contribution in [2.75, 3.05) is 6.54 Å². The van der Waals surface area contributed by atoms with Crippen molar-refractivity contribution in [3.05, 3.63) is 48.0 Å². The molecule has 1 aromatic carbocycles. The van der Waals surface area contributed by atoms with Crippen molar-refractivity contribution in [3.8, 4) is 0 Å². The second-order valence-electron chi connectivity index (χ2n) is 8.07. The van der Waals surface area contributed by atoms with Crippen molar-refractivity contribution in [3.63, 3.8) is 0 Å². The Bertz CT molecular complexity index is 990. The molecular formula is C22H28N6O5. The van der Waals surface area contributed by atoms with Crippen LogP contribution in [0.5, 0.6) is 0 Å². The summed E-state index contributed by atoms with van der Waals surface area (Å²) in [5, 5.41) is 11.8. The summed E-state index contributed by atoms with van der Waals surface area (Å²) in [6.07, 6.45) is 1.78. The van der Waals surface area contributed by atoms with E-state index in [4.69, 9.17) is 4.74 Å². The topological polar surface area (TPSA) is 144 Å². The quantitative estimate of drug-likeness (QED) is 0.532. The fourth-order valence-corrected chi connectivity index (χ4v) is 3.38. The molecule has 1 aliphatic rings. The molecule has 2 heterocycles. The average Bonchev–Trinajstić information content (AvgIpc) is 3.24. The lowest BCUT2D eigenvalue weighted by Crippen LogP contribution is -2.56. The summed E-state index contributed by atoms with van der Waals surface area (Å²) in [7, 11) is 0. The summed E-state index contributed by atoms with van der Waals surface area (Å²) in [6.45, 7) is 3.81. The Morgan fingerprint density at radius 3 is 2.73 bits per heavy atom. The zero-order valence-corrected chi connectivity index (χ0v) is 18.6. The molecule has 11 nitrogen and oxygen atoms in total. The molecule has 0 fully saturated rings. The van der Waals surface area contributed by atoms with E-state index < -0.39 is 35.8 Å². The zero-order chi connectivity index (χ0) is 23.8. The van der Waals surface area contributed by atoms with Crippen molar-refractivity contribution >= 4 is 23.7 Å². The van der Waals surface area contributed by atoms with Gasteiger partial charge < -0.3 is 20.7 Å². The monoisotopic (exact) mass is 456 g/mol. The number of amides is 3. The molecule has 2 unspecified atom stereocenters. The molecule has 1 aromatic heterocycles. The molecule has 0 radical (unpaired) electrons. The van der Waals surface area contributed by atoms with Crippen LogP contribution in [0, 0.1) is 5.92 Å². The minimum Gasteiger partial charge on any atom is -0.445 e. The van der Waals surface area contributed by atoms with Gasteiger partial charge in [-0.2, -0.15) is 5.10 Å². The number of nitrogens with zero attached hydrogens (tertiary/aromatic N) is 3. The molecule has 2 atom stereocenters. The number of fused-ring (bicyclic) bond motifs is 1. The maximum Gasteiger partial charge on any atom is 0.408 e. The third-order valence-electron chi connectivity index (χ3n) is 5.21. The first-order chi connectivity index (χ1) is 15.8. The molecular weight excluding hydrogens is 428 g/mol. The van der Waals surface area contributed by atoms with Crippen LogP contribution in [0.3, 0.4) is 0 Å². The number of Topliss-reactive ketones (excluding diaryl/α,β-unsaturated/α-hetero) is 1. The van der Waals surface area contributed by atoms with E-state index in [0.717, 1.165) is 5.56 Å². The maximum atomic E-state index is 13.0. The lowest BCUT2D eigenvalue weighted by Gasteiger charge is -2.25. The second-order valence-corrected chi connectivity index (χ2v) is 8.07. The minimum atomic E-state index is -1.17. The molecule has 2 aromatic rings. The van der Waals surface area contributed by atoms with Gasteiger partial charge in [0, 0.05) is 13.0 Å². The fourth-order valence-electron chi connectivity index (χ4n) is 3.38. The van der Waals surface area contributed by atoms with E-state index in [-0.39, 0.29) is 19.1 Å². The van der Waals surface area contributed by atoms with Gasteiger partial charge in [-0.05, 0) is 17.9 Å². The number of rotatable bonds is 6. The number of alkyl carbamates (subject to hydrolysis) is 1. The highest BCUT2D eigenvalue weighted by atomic mass is 16.5. The van der Waals surface area contributed by atoms with Gasteiger partial charge in [0.25, 0.3) is 5.91 Å². The van der Waals surface area contributed by atoms with E-state index in [2.05, 4.69) is 26.0 Å². The van der Waals surface area contributed by atoms with Crippen LogP contribution < -0.4 is 16.0 Å². The number of ketones is 1. The van der Waals surface area contributed by atoms with Crippen molar-refractivity contribution in [1.82, 2.24) is 30.7 Å². The van der Waals surface area contributed by atoms with Crippen molar-refractivity contribution < 1.29 is 23.9 Å². The highest BCUT2D eigenvalue weighted by Crippen LogP contribution is 2.08. The Balaban J connectivity index is 1.67. The molecule has 0 saturated carbocycles. The molecule has 33 heavy (non-hydrogen) atoms. The predicted molar refractivity (Wildman–Crippen MR) is 117 cm³/mol. The number of nitrogens with one attached hydrogen (secondary N) is 3. The van der Waals surface area contributed by atoms with E-state index in [1.165, 1.54) is 11.0 Å². The van der Waals surface area contributed by atoms with Crippen molar-refractivity contribution in [2.45, 2.75) is 51.9 Å². The minimum absolute atomic E-state index is 0.0450. The molecule has 3 amide bonds. The standard InChI is InChI=1S/C22H28N6O5/c1-14(2)18(27-22(32)33-12-15-7-4-3-5-8-15)20(30)26-16-11-28-17(24-13-25-28)9-6-10-23-21(31)19(16)29/h3-5,7-8,13-14,16,18H,6,9-12H2,1-2H3,(H,23,31)(H,26,30)(H,27,32). The molecule has 0 bridgehead atoms. The van der Waals surface area contributed by atoms with Crippen LogP contribution in [0.2, 0.25) is 0 Å². The van der Waals surface area contributed by atoms with Gasteiger partial charge in [0.1, 0.15) is 30.8 Å². The van der Waals surface area contributed by atoms with Crippen LogP contribution in [-0.2, 0) is 38.7 Å². The van der Waals surface area contributed by atoms with Gasteiger partial charge in [-0.15, -0.1) is 0 Å². The normalized spacial score (nSPS) is 17.5. The van der Waals surface area contributed by atoms with Crippen molar-refractivity contribution in [2.24, 2.45) is 5.92 Å². The molecule has 11 heteroatoms. The third-order valence-corrected chi connectivity index (χ3v) is 5.21. The maximum absolute atomic E-state index is 13.0. The van der Waals surface area contributed by atoms with Gasteiger partial charge in [0.05, 0.1) is 6.54 Å². The molecule has 0 spiro atoms. The highest BCUT2D eigenvalue weighted by molar-refractivity contribution is 6.38. The van der Waals surface area contributed by atoms with Gasteiger partial charge in [-0.25, -0.2) is 14.5 Å². The molecule has 1 aliphatic heterocycles. The largest absolute Gasteiger partial charge is 0.445 e. The first kappa shape index (κ1) is 23.9. The van der Waals surface area contributed by atoms with Crippen LogP contribution in [0.25, 0.3) is 0 Å². The molecule has 176 valence electrons. The van der Waals surface area contributed by atoms with Crippen molar-refractivity contribution in [1.29, 1.82) is 0 Å². The average molecular weight is 457 g/mol. The number of hydrogen-bond donors (Lipinski definition) is 3. The number of benzene rings is 1. The smallest absolute Gasteiger partial charge is 0.408 e. The van der Waals surface area contributed by atoms with Crippen LogP contribution in [0.4, 0.5) is 4.79 Å². The highest BCUT2D eigenvalue weighted by Gasteiger charge is 2.33. The van der Waals surface area contributed by atoms with E-state index in [1.54, 1.807) is 13.8 Å². The lowest BCUT2D eigenvalue weighted by atomic mass is 10.0. The summed E-state index contributed by atoms with van der Waals surface area (Å²) in [5.41, 5.74) is 0.806. The van der Waals surface area contributed by atoms with Crippen LogP contribution in [0.1, 0.15) is 31.7 Å². The fraction of sp³-hybridized carbons (Fsp3) is 0.455. The molecule has 3 N–H and O–H groups in total. The summed E-state index contributed by atoms with van der Waals surface area (Å²) in [5.74, 6) is -1.83. The van der Waals surface area contributed by atoms with Gasteiger partial charge >= 0.3 is 6.09 Å². The Kier molecular flexibility index (Phi) is 8.11. The Hall–Kier alpha value is -3.76. The van der Waals surface area contributed by atoms with Gasteiger partial charge in [0.2, 0.25) is 11.7 Å². The number of hydrogen-bond acceptors (Lipinski definition) is 7. The van der Waals surface area contributed by atoms with Gasteiger partial charge in [-0.1, -0.05) is 44.2 Å². The number of aromatic nitrogens is 3. The number of aryl methyl sites for hydroxylation is 1. The third kappa shape index (κ3) is 6.61. The molecule has 0 aliphatic carbocycles. The van der Waals surface area contributed by atoms with Crippen LogP contribution in [-0.4, -0.2) is 57.1 Å². The second kappa shape index (κ2) is 11.2. The van der Waals surface area contributed by atoms with Crippen LogP contribution >= 0.6 is 0 Å². The van der Waals surface area contributed by atoms with Gasteiger partial charge in [0.15, 0.2) is 0 Å². The SMILES string of the molecule is CC(C)C(NC(=O)OCc1ccccc1)C(=O)NC1Cn2ncnc2CCCNC(=O)C1=O. The number of ether oxygens (including phenoxy) is 1. The predicted octanol–water partition coefficient (Wildman–Crippen LogP) is 0.345. The molecule has 3 rings (SSSR count). The summed E-state index contributed by atoms with van der Waals surface area (Å²) in [6, 6.07) is 6.99. The number of carbonyl (C=O) groups excluding carboxylic acids is 4. The lowest BCUT2D eigenvalue weighted by molar-refractivity contribution is -0.140. The van der Waals surface area contributed by atoms with E-state index in [9.17, 15) is 19.2 Å². The van der Waals surface area contributed by atoms with E-state index >= 15 is 0 Å². The Morgan fingerprint density at radius 1 is 1.24 bits per heavy atom. The summed E-state index contributed by atoms with van der Waals surface area (Å²) >= 11 is 0. The van der Waals surface area contributed by atoms with Gasteiger partial charge in [-0.3, -0.25) is 14.4 Å². The summed E-state index contributed by atoms with van der Waals surface area (Å²) in [4.78, 5) is 54.4. The Morgan fingerprint density at radius 2 is 2.00 bits per heavy atom. The van der Waals surface area contributed by atoms with E-state index in [0.29, 0.717) is 25.2 Å². The zero-order valence-electron chi connectivity index (χ0n) is 18.6. The van der Waals surface area contributed by atoms with E-state index in [1.807, 2.05) is 30.3 Å².